The molecule has 0 aliphatic carbocycles. The summed E-state index contributed by atoms with van der Waals surface area (Å²) in [4.78, 5) is 18.3. The van der Waals surface area contributed by atoms with Crippen LogP contribution in [-0.2, 0) is 11.2 Å². The van der Waals surface area contributed by atoms with E-state index in [1.807, 2.05) is 36.9 Å². The molecule has 0 saturated carbocycles. The summed E-state index contributed by atoms with van der Waals surface area (Å²) in [5, 5.41) is 3.23. The summed E-state index contributed by atoms with van der Waals surface area (Å²) >= 11 is 0. The van der Waals surface area contributed by atoms with Gasteiger partial charge in [-0.2, -0.15) is 0 Å². The van der Waals surface area contributed by atoms with Gasteiger partial charge >= 0.3 is 0 Å². The van der Waals surface area contributed by atoms with Crippen LogP contribution in [0.1, 0.15) is 19.5 Å². The van der Waals surface area contributed by atoms with E-state index in [1.54, 1.807) is 6.20 Å². The van der Waals surface area contributed by atoms with Gasteiger partial charge in [0.1, 0.15) is 0 Å². The third-order valence-electron chi connectivity index (χ3n) is 3.13. The summed E-state index contributed by atoms with van der Waals surface area (Å²) in [5.74, 6) is 0.180. The van der Waals surface area contributed by atoms with Gasteiger partial charge in [-0.15, -0.1) is 0 Å². The SMILES string of the molecule is CC1(C)NCCN(CCc2ccccn2)C1=O. The van der Waals surface area contributed by atoms with Crippen LogP contribution in [0.3, 0.4) is 0 Å². The fourth-order valence-corrected chi connectivity index (χ4v) is 2.08. The highest BCUT2D eigenvalue weighted by Gasteiger charge is 2.34. The molecule has 2 heterocycles. The van der Waals surface area contributed by atoms with E-state index in [9.17, 15) is 4.79 Å². The van der Waals surface area contributed by atoms with Gasteiger partial charge in [0.2, 0.25) is 5.91 Å². The van der Waals surface area contributed by atoms with E-state index in [0.29, 0.717) is 0 Å². The van der Waals surface area contributed by atoms with Crippen molar-refractivity contribution >= 4 is 5.91 Å². The van der Waals surface area contributed by atoms with Crippen molar-refractivity contribution in [3.8, 4) is 0 Å². The summed E-state index contributed by atoms with van der Waals surface area (Å²) in [7, 11) is 0. The van der Waals surface area contributed by atoms with Crippen LogP contribution in [0.15, 0.2) is 24.4 Å². The molecular formula is C13H19N3O. The number of amides is 1. The van der Waals surface area contributed by atoms with Crippen LogP contribution < -0.4 is 5.32 Å². The standard InChI is InChI=1S/C13H19N3O/c1-13(2)12(17)16(10-8-15-13)9-6-11-5-3-4-7-14-11/h3-5,7,15H,6,8-10H2,1-2H3. The Morgan fingerprint density at radius 3 is 3.00 bits per heavy atom. The third kappa shape index (κ3) is 2.82. The van der Waals surface area contributed by atoms with Gasteiger partial charge in [-0.25, -0.2) is 0 Å². The molecule has 92 valence electrons. The molecule has 1 N–H and O–H groups in total. The van der Waals surface area contributed by atoms with Crippen molar-refractivity contribution in [3.63, 3.8) is 0 Å². The van der Waals surface area contributed by atoms with Crippen LogP contribution in [0.5, 0.6) is 0 Å². The predicted molar refractivity (Wildman–Crippen MR) is 66.6 cm³/mol. The molecule has 2 rings (SSSR count). The number of aromatic nitrogens is 1. The van der Waals surface area contributed by atoms with Crippen molar-refractivity contribution in [1.29, 1.82) is 0 Å². The summed E-state index contributed by atoms with van der Waals surface area (Å²) in [6, 6.07) is 5.88. The Morgan fingerprint density at radius 2 is 2.29 bits per heavy atom. The van der Waals surface area contributed by atoms with Gasteiger partial charge < -0.3 is 10.2 Å². The third-order valence-corrected chi connectivity index (χ3v) is 3.13. The molecule has 17 heavy (non-hydrogen) atoms. The normalized spacial score (nSPS) is 19.4. The van der Waals surface area contributed by atoms with Gasteiger partial charge in [0, 0.05) is 37.9 Å². The maximum absolute atomic E-state index is 12.1. The van der Waals surface area contributed by atoms with Crippen LogP contribution in [0, 0.1) is 0 Å². The summed E-state index contributed by atoms with van der Waals surface area (Å²) < 4.78 is 0. The number of carbonyl (C=O) groups is 1. The maximum atomic E-state index is 12.1. The molecule has 1 amide bonds. The molecule has 0 bridgehead atoms. The van der Waals surface area contributed by atoms with Crippen molar-refractivity contribution in [2.24, 2.45) is 0 Å². The van der Waals surface area contributed by atoms with Crippen molar-refractivity contribution in [2.75, 3.05) is 19.6 Å². The largest absolute Gasteiger partial charge is 0.339 e. The summed E-state index contributed by atoms with van der Waals surface area (Å²) in [6.07, 6.45) is 2.61. The molecule has 0 atom stereocenters. The second kappa shape index (κ2) is 4.84. The maximum Gasteiger partial charge on any atom is 0.242 e. The van der Waals surface area contributed by atoms with Crippen molar-refractivity contribution < 1.29 is 4.79 Å². The Morgan fingerprint density at radius 1 is 1.47 bits per heavy atom. The lowest BCUT2D eigenvalue weighted by Gasteiger charge is -2.38. The molecule has 0 spiro atoms. The number of pyridine rings is 1. The fourth-order valence-electron chi connectivity index (χ4n) is 2.08. The van der Waals surface area contributed by atoms with Crippen LogP contribution in [0.4, 0.5) is 0 Å². The van der Waals surface area contributed by atoms with E-state index < -0.39 is 5.54 Å². The van der Waals surface area contributed by atoms with Gasteiger partial charge in [-0.3, -0.25) is 9.78 Å². The van der Waals surface area contributed by atoms with E-state index in [1.165, 1.54) is 0 Å². The van der Waals surface area contributed by atoms with Crippen molar-refractivity contribution in [2.45, 2.75) is 25.8 Å². The number of carbonyl (C=O) groups excluding carboxylic acids is 1. The molecule has 0 radical (unpaired) electrons. The van der Waals surface area contributed by atoms with Crippen LogP contribution in [-0.4, -0.2) is 41.0 Å². The number of hydrogen-bond acceptors (Lipinski definition) is 3. The number of nitrogens with zero attached hydrogens (tertiary/aromatic N) is 2. The minimum absolute atomic E-state index is 0.180. The Balaban J connectivity index is 1.93. The van der Waals surface area contributed by atoms with Gasteiger partial charge in [-0.05, 0) is 26.0 Å². The summed E-state index contributed by atoms with van der Waals surface area (Å²) in [5.41, 5.74) is 0.610. The summed E-state index contributed by atoms with van der Waals surface area (Å²) in [6.45, 7) is 6.27. The molecule has 1 fully saturated rings. The van der Waals surface area contributed by atoms with Crippen LogP contribution in [0.25, 0.3) is 0 Å². The van der Waals surface area contributed by atoms with E-state index in [0.717, 1.165) is 31.7 Å². The van der Waals surface area contributed by atoms with E-state index in [-0.39, 0.29) is 5.91 Å². The second-order valence-electron chi connectivity index (χ2n) is 4.92. The molecular weight excluding hydrogens is 214 g/mol. The Kier molecular flexibility index (Phi) is 3.43. The molecule has 4 heteroatoms. The topological polar surface area (TPSA) is 45.2 Å². The smallest absolute Gasteiger partial charge is 0.242 e. The Hall–Kier alpha value is -1.42. The number of rotatable bonds is 3. The zero-order valence-corrected chi connectivity index (χ0v) is 10.4. The van der Waals surface area contributed by atoms with Crippen molar-refractivity contribution in [1.82, 2.24) is 15.2 Å². The van der Waals surface area contributed by atoms with Gasteiger partial charge in [-0.1, -0.05) is 6.07 Å². The molecule has 1 aliphatic rings. The zero-order chi connectivity index (χ0) is 12.3. The first-order valence-electron chi connectivity index (χ1n) is 6.04. The monoisotopic (exact) mass is 233 g/mol. The highest BCUT2D eigenvalue weighted by atomic mass is 16.2. The second-order valence-corrected chi connectivity index (χ2v) is 4.92. The van der Waals surface area contributed by atoms with Gasteiger partial charge in [0.25, 0.3) is 0 Å². The Labute approximate surface area is 102 Å². The lowest BCUT2D eigenvalue weighted by Crippen LogP contribution is -2.61. The molecule has 0 aromatic carbocycles. The highest BCUT2D eigenvalue weighted by molar-refractivity contribution is 5.86. The first kappa shape index (κ1) is 12.0. The lowest BCUT2D eigenvalue weighted by molar-refractivity contribution is -0.139. The van der Waals surface area contributed by atoms with Gasteiger partial charge in [0.05, 0.1) is 5.54 Å². The molecule has 1 aromatic heterocycles. The first-order chi connectivity index (χ1) is 8.09. The number of hydrogen-bond donors (Lipinski definition) is 1. The minimum atomic E-state index is -0.428. The molecule has 4 nitrogen and oxygen atoms in total. The van der Waals surface area contributed by atoms with Gasteiger partial charge in [0.15, 0.2) is 0 Å². The van der Waals surface area contributed by atoms with E-state index in [2.05, 4.69) is 10.3 Å². The van der Waals surface area contributed by atoms with E-state index in [4.69, 9.17) is 0 Å². The first-order valence-corrected chi connectivity index (χ1v) is 6.04. The Bertz CT molecular complexity index is 389. The van der Waals surface area contributed by atoms with E-state index >= 15 is 0 Å². The van der Waals surface area contributed by atoms with Crippen molar-refractivity contribution in [3.05, 3.63) is 30.1 Å². The highest BCUT2D eigenvalue weighted by Crippen LogP contribution is 2.12. The molecule has 1 aromatic rings. The quantitative estimate of drug-likeness (QED) is 0.841. The minimum Gasteiger partial charge on any atom is -0.339 e. The molecule has 1 aliphatic heterocycles. The van der Waals surface area contributed by atoms with Crippen LogP contribution >= 0.6 is 0 Å². The average molecular weight is 233 g/mol. The number of nitrogens with one attached hydrogen (secondary N) is 1. The number of piperazine rings is 1. The zero-order valence-electron chi connectivity index (χ0n) is 10.4. The predicted octanol–water partition coefficient (Wildman–Crippen LogP) is 0.834. The fraction of sp³-hybridized carbons (Fsp3) is 0.538. The molecule has 0 unspecified atom stereocenters. The lowest BCUT2D eigenvalue weighted by atomic mass is 10.0. The average Bonchev–Trinajstić information content (AvgIpc) is 2.32. The molecule has 1 saturated heterocycles. The van der Waals surface area contributed by atoms with Crippen LogP contribution in [0.2, 0.25) is 0 Å².